The van der Waals surface area contributed by atoms with Crippen molar-refractivity contribution in [3.8, 4) is 11.3 Å². The Morgan fingerprint density at radius 1 is 1.07 bits per heavy atom. The number of hydrogen-bond donors (Lipinski definition) is 0. The van der Waals surface area contributed by atoms with Crippen molar-refractivity contribution in [2.45, 2.75) is 18.8 Å². The Balaban J connectivity index is 1.55. The van der Waals surface area contributed by atoms with Crippen molar-refractivity contribution in [2.24, 2.45) is 0 Å². The molecular weight excluding hydrogens is 358 g/mol. The maximum absolute atomic E-state index is 12.8. The van der Waals surface area contributed by atoms with Gasteiger partial charge in [0.1, 0.15) is 0 Å². The fraction of sp³-hybridized carbons (Fsp3) is 0.227. The molecule has 27 heavy (non-hydrogen) atoms. The zero-order valence-corrected chi connectivity index (χ0v) is 15.6. The molecule has 0 bridgehead atoms. The fourth-order valence-electron chi connectivity index (χ4n) is 3.53. The minimum atomic E-state index is 0.0826. The maximum atomic E-state index is 12.8. The lowest BCUT2D eigenvalue weighted by Crippen LogP contribution is -2.39. The minimum Gasteiger partial charge on any atom is -0.338 e. The number of aromatic nitrogens is 2. The number of benzene rings is 2. The number of piperidine rings is 1. The van der Waals surface area contributed by atoms with E-state index in [0.717, 1.165) is 41.9 Å². The van der Waals surface area contributed by atoms with Crippen LogP contribution >= 0.6 is 11.6 Å². The SMILES string of the molecule is O=C(c1ccccc1)N1CCCC(c2cncc(-c3cccc(Cl)c3)n2)C1. The Morgan fingerprint density at radius 3 is 2.74 bits per heavy atom. The standard InChI is InChI=1S/C22H20ClN3O/c23-19-10-4-8-17(12-19)20-13-24-14-21(25-20)18-9-5-11-26(15-18)22(27)16-6-2-1-3-7-16/h1-4,6-8,10,12-14,18H,5,9,11,15H2. The Morgan fingerprint density at radius 2 is 1.93 bits per heavy atom. The third kappa shape index (κ3) is 4.01. The first kappa shape index (κ1) is 17.7. The number of hydrogen-bond acceptors (Lipinski definition) is 3. The van der Waals surface area contributed by atoms with Gasteiger partial charge in [-0.1, -0.05) is 41.9 Å². The third-order valence-corrected chi connectivity index (χ3v) is 5.16. The van der Waals surface area contributed by atoms with Crippen LogP contribution in [-0.2, 0) is 0 Å². The highest BCUT2D eigenvalue weighted by molar-refractivity contribution is 6.30. The molecule has 1 aromatic heterocycles. The van der Waals surface area contributed by atoms with Gasteiger partial charge in [0.25, 0.3) is 5.91 Å². The topological polar surface area (TPSA) is 46.1 Å². The molecule has 0 aliphatic carbocycles. The molecule has 1 saturated heterocycles. The molecule has 1 fully saturated rings. The van der Waals surface area contributed by atoms with E-state index < -0.39 is 0 Å². The summed E-state index contributed by atoms with van der Waals surface area (Å²) in [7, 11) is 0. The zero-order valence-electron chi connectivity index (χ0n) is 14.9. The van der Waals surface area contributed by atoms with Crippen LogP contribution in [0.3, 0.4) is 0 Å². The molecule has 0 N–H and O–H groups in total. The number of nitrogens with zero attached hydrogens (tertiary/aromatic N) is 3. The molecule has 1 amide bonds. The molecule has 0 spiro atoms. The largest absolute Gasteiger partial charge is 0.338 e. The Labute approximate surface area is 163 Å². The molecule has 2 aromatic carbocycles. The van der Waals surface area contributed by atoms with Crippen molar-refractivity contribution in [2.75, 3.05) is 13.1 Å². The molecule has 1 aliphatic rings. The van der Waals surface area contributed by atoms with E-state index in [1.54, 1.807) is 6.20 Å². The average Bonchev–Trinajstić information content (AvgIpc) is 2.74. The van der Waals surface area contributed by atoms with Gasteiger partial charge in [0.15, 0.2) is 0 Å². The fourth-order valence-corrected chi connectivity index (χ4v) is 3.72. The van der Waals surface area contributed by atoms with E-state index in [1.165, 1.54) is 0 Å². The highest BCUT2D eigenvalue weighted by Crippen LogP contribution is 2.28. The van der Waals surface area contributed by atoms with Crippen molar-refractivity contribution >= 4 is 17.5 Å². The van der Waals surface area contributed by atoms with Gasteiger partial charge < -0.3 is 4.90 Å². The van der Waals surface area contributed by atoms with Crippen LogP contribution in [0.15, 0.2) is 67.0 Å². The monoisotopic (exact) mass is 377 g/mol. The van der Waals surface area contributed by atoms with Crippen LogP contribution in [0.5, 0.6) is 0 Å². The highest BCUT2D eigenvalue weighted by Gasteiger charge is 2.26. The molecule has 5 heteroatoms. The molecule has 1 atom stereocenters. The van der Waals surface area contributed by atoms with Crippen LogP contribution in [0.25, 0.3) is 11.3 Å². The van der Waals surface area contributed by atoms with Crippen LogP contribution in [0.1, 0.15) is 34.8 Å². The van der Waals surface area contributed by atoms with Crippen LogP contribution < -0.4 is 0 Å². The van der Waals surface area contributed by atoms with Gasteiger partial charge in [-0.05, 0) is 37.1 Å². The second-order valence-electron chi connectivity index (χ2n) is 6.80. The smallest absolute Gasteiger partial charge is 0.253 e. The Hall–Kier alpha value is -2.72. The van der Waals surface area contributed by atoms with Gasteiger partial charge in [0.05, 0.1) is 17.6 Å². The molecule has 4 rings (SSSR count). The van der Waals surface area contributed by atoms with Gasteiger partial charge in [-0.3, -0.25) is 9.78 Å². The van der Waals surface area contributed by atoms with Gasteiger partial charge in [-0.15, -0.1) is 0 Å². The molecule has 2 heterocycles. The summed E-state index contributed by atoms with van der Waals surface area (Å²) in [5, 5.41) is 0.678. The molecule has 136 valence electrons. The van der Waals surface area contributed by atoms with Crippen LogP contribution in [0, 0.1) is 0 Å². The van der Waals surface area contributed by atoms with E-state index in [0.29, 0.717) is 11.6 Å². The van der Waals surface area contributed by atoms with E-state index in [4.69, 9.17) is 16.6 Å². The second kappa shape index (κ2) is 7.89. The van der Waals surface area contributed by atoms with Gasteiger partial charge in [0.2, 0.25) is 0 Å². The number of carbonyl (C=O) groups excluding carboxylic acids is 1. The van der Waals surface area contributed by atoms with Gasteiger partial charge in [0, 0.05) is 41.4 Å². The number of carbonyl (C=O) groups is 1. The minimum absolute atomic E-state index is 0.0826. The lowest BCUT2D eigenvalue weighted by atomic mass is 9.94. The summed E-state index contributed by atoms with van der Waals surface area (Å²) in [4.78, 5) is 23.9. The van der Waals surface area contributed by atoms with Crippen molar-refractivity contribution in [3.63, 3.8) is 0 Å². The van der Waals surface area contributed by atoms with Gasteiger partial charge >= 0.3 is 0 Å². The first-order valence-electron chi connectivity index (χ1n) is 9.13. The van der Waals surface area contributed by atoms with Crippen LogP contribution in [-0.4, -0.2) is 33.9 Å². The lowest BCUT2D eigenvalue weighted by Gasteiger charge is -2.32. The Bertz CT molecular complexity index is 945. The summed E-state index contributed by atoms with van der Waals surface area (Å²) in [6, 6.07) is 17.1. The van der Waals surface area contributed by atoms with Gasteiger partial charge in [-0.2, -0.15) is 0 Å². The predicted molar refractivity (Wildman–Crippen MR) is 107 cm³/mol. The van der Waals surface area contributed by atoms with E-state index in [1.807, 2.05) is 65.7 Å². The zero-order chi connectivity index (χ0) is 18.6. The lowest BCUT2D eigenvalue weighted by molar-refractivity contribution is 0.0706. The molecule has 1 unspecified atom stereocenters. The number of halogens is 1. The summed E-state index contributed by atoms with van der Waals surface area (Å²) in [5.74, 6) is 0.275. The summed E-state index contributed by atoms with van der Waals surface area (Å²) >= 11 is 6.10. The normalized spacial score (nSPS) is 16.9. The summed E-state index contributed by atoms with van der Waals surface area (Å²) in [6.45, 7) is 1.45. The maximum Gasteiger partial charge on any atom is 0.253 e. The van der Waals surface area contributed by atoms with Crippen molar-refractivity contribution < 1.29 is 4.79 Å². The summed E-state index contributed by atoms with van der Waals surface area (Å²) < 4.78 is 0. The van der Waals surface area contributed by atoms with Crippen molar-refractivity contribution in [3.05, 3.63) is 83.3 Å². The summed E-state index contributed by atoms with van der Waals surface area (Å²) in [5.41, 5.74) is 3.42. The van der Waals surface area contributed by atoms with E-state index >= 15 is 0 Å². The molecule has 0 saturated carbocycles. The average molecular weight is 378 g/mol. The van der Waals surface area contributed by atoms with E-state index in [-0.39, 0.29) is 11.8 Å². The molecule has 0 radical (unpaired) electrons. The predicted octanol–water partition coefficient (Wildman–Crippen LogP) is 4.82. The first-order valence-corrected chi connectivity index (χ1v) is 9.51. The number of likely N-dealkylation sites (tertiary alicyclic amines) is 1. The van der Waals surface area contributed by atoms with Gasteiger partial charge in [-0.25, -0.2) is 4.98 Å². The molecule has 3 aromatic rings. The van der Waals surface area contributed by atoms with E-state index in [9.17, 15) is 4.79 Å². The quantitative estimate of drug-likeness (QED) is 0.657. The van der Waals surface area contributed by atoms with Crippen LogP contribution in [0.2, 0.25) is 5.02 Å². The molecular formula is C22H20ClN3O. The number of amides is 1. The number of rotatable bonds is 3. The first-order chi connectivity index (χ1) is 13.2. The van der Waals surface area contributed by atoms with E-state index in [2.05, 4.69) is 4.98 Å². The van der Waals surface area contributed by atoms with Crippen molar-refractivity contribution in [1.82, 2.24) is 14.9 Å². The molecule has 4 nitrogen and oxygen atoms in total. The Kier molecular flexibility index (Phi) is 5.16. The molecule has 1 aliphatic heterocycles. The second-order valence-corrected chi connectivity index (χ2v) is 7.23. The van der Waals surface area contributed by atoms with Crippen molar-refractivity contribution in [1.29, 1.82) is 0 Å². The third-order valence-electron chi connectivity index (χ3n) is 4.92. The van der Waals surface area contributed by atoms with Crippen LogP contribution in [0.4, 0.5) is 0 Å². The summed E-state index contributed by atoms with van der Waals surface area (Å²) in [6.07, 6.45) is 5.54. The highest BCUT2D eigenvalue weighted by atomic mass is 35.5.